The molecule has 0 radical (unpaired) electrons. The zero-order chi connectivity index (χ0) is 14.8. The van der Waals surface area contributed by atoms with Crippen LogP contribution in [0.15, 0.2) is 48.5 Å². The van der Waals surface area contributed by atoms with Crippen molar-refractivity contribution in [2.75, 3.05) is 5.32 Å². The molecule has 0 aliphatic heterocycles. The Bertz CT molecular complexity index is 802. The molecule has 0 amide bonds. The molecule has 0 aliphatic rings. The Morgan fingerprint density at radius 2 is 1.95 bits per heavy atom. The fraction of sp³-hybridized carbons (Fsp3) is 0.118. The first kappa shape index (κ1) is 13.8. The summed E-state index contributed by atoms with van der Waals surface area (Å²) in [6, 6.07) is 14.4. The molecular formula is C17H14ClFN2. The van der Waals surface area contributed by atoms with Gasteiger partial charge in [0.25, 0.3) is 0 Å². The van der Waals surface area contributed by atoms with Crippen LogP contribution in [0.25, 0.3) is 10.9 Å². The molecule has 2 aromatic carbocycles. The van der Waals surface area contributed by atoms with Crippen molar-refractivity contribution < 1.29 is 4.39 Å². The molecule has 106 valence electrons. The van der Waals surface area contributed by atoms with Gasteiger partial charge in [0.2, 0.25) is 0 Å². The van der Waals surface area contributed by atoms with Gasteiger partial charge in [-0.15, -0.1) is 0 Å². The molecule has 2 nitrogen and oxygen atoms in total. The maximum absolute atomic E-state index is 13.2. The van der Waals surface area contributed by atoms with Crippen LogP contribution in [0.3, 0.4) is 0 Å². The van der Waals surface area contributed by atoms with E-state index in [9.17, 15) is 4.39 Å². The normalized spacial score (nSPS) is 10.8. The van der Waals surface area contributed by atoms with E-state index in [4.69, 9.17) is 11.6 Å². The minimum Gasteiger partial charge on any atom is -0.380 e. The molecule has 0 unspecified atom stereocenters. The van der Waals surface area contributed by atoms with Crippen molar-refractivity contribution in [1.29, 1.82) is 0 Å². The maximum Gasteiger partial charge on any atom is 0.125 e. The van der Waals surface area contributed by atoms with Gasteiger partial charge in [0.1, 0.15) is 5.82 Å². The maximum atomic E-state index is 13.2. The first-order chi connectivity index (χ1) is 10.1. The number of halogens is 2. The number of pyridine rings is 1. The zero-order valence-corrected chi connectivity index (χ0v) is 12.3. The number of benzene rings is 2. The van der Waals surface area contributed by atoms with Gasteiger partial charge in [-0.3, -0.25) is 4.98 Å². The van der Waals surface area contributed by atoms with Crippen LogP contribution in [0.2, 0.25) is 5.02 Å². The Morgan fingerprint density at radius 3 is 2.81 bits per heavy atom. The lowest BCUT2D eigenvalue weighted by atomic mass is 10.1. The van der Waals surface area contributed by atoms with Crippen molar-refractivity contribution >= 4 is 28.2 Å². The smallest absolute Gasteiger partial charge is 0.125 e. The largest absolute Gasteiger partial charge is 0.380 e. The highest BCUT2D eigenvalue weighted by Crippen LogP contribution is 2.23. The van der Waals surface area contributed by atoms with Crippen LogP contribution in [0.1, 0.15) is 11.3 Å². The van der Waals surface area contributed by atoms with E-state index in [1.54, 1.807) is 6.07 Å². The summed E-state index contributed by atoms with van der Waals surface area (Å²) < 4.78 is 13.2. The fourth-order valence-electron chi connectivity index (χ4n) is 2.22. The number of rotatable bonds is 3. The molecule has 0 fully saturated rings. The highest BCUT2D eigenvalue weighted by Gasteiger charge is 2.03. The number of fused-ring (bicyclic) bond motifs is 1. The second kappa shape index (κ2) is 5.70. The van der Waals surface area contributed by atoms with Crippen LogP contribution in [-0.2, 0) is 6.54 Å². The van der Waals surface area contributed by atoms with Crippen molar-refractivity contribution in [3.05, 3.63) is 70.6 Å². The third-order valence-corrected chi connectivity index (χ3v) is 3.63. The molecule has 0 aliphatic carbocycles. The molecule has 0 spiro atoms. The zero-order valence-electron chi connectivity index (χ0n) is 11.5. The topological polar surface area (TPSA) is 24.9 Å². The summed E-state index contributed by atoms with van der Waals surface area (Å²) in [5, 5.41) is 4.75. The summed E-state index contributed by atoms with van der Waals surface area (Å²) in [6.45, 7) is 2.55. The second-order valence-corrected chi connectivity index (χ2v) is 5.36. The molecule has 1 N–H and O–H groups in total. The number of aryl methyl sites for hydroxylation is 1. The van der Waals surface area contributed by atoms with E-state index in [1.165, 1.54) is 12.1 Å². The Balaban J connectivity index is 1.82. The van der Waals surface area contributed by atoms with Crippen molar-refractivity contribution in [1.82, 2.24) is 4.98 Å². The molecule has 0 saturated heterocycles. The predicted molar refractivity (Wildman–Crippen MR) is 85.2 cm³/mol. The van der Waals surface area contributed by atoms with Crippen molar-refractivity contribution in [2.24, 2.45) is 0 Å². The van der Waals surface area contributed by atoms with E-state index in [-0.39, 0.29) is 5.82 Å². The van der Waals surface area contributed by atoms with Crippen LogP contribution in [0.4, 0.5) is 10.1 Å². The number of aromatic nitrogens is 1. The third kappa shape index (κ3) is 3.14. The van der Waals surface area contributed by atoms with Crippen LogP contribution >= 0.6 is 11.6 Å². The lowest BCUT2D eigenvalue weighted by molar-refractivity contribution is 0.628. The van der Waals surface area contributed by atoms with Crippen molar-refractivity contribution in [3.63, 3.8) is 0 Å². The van der Waals surface area contributed by atoms with Gasteiger partial charge < -0.3 is 5.32 Å². The molecule has 0 atom stereocenters. The molecule has 3 rings (SSSR count). The third-order valence-electron chi connectivity index (χ3n) is 3.30. The average Bonchev–Trinajstić information content (AvgIpc) is 2.48. The first-order valence-electron chi connectivity index (χ1n) is 6.67. The fourth-order valence-corrected chi connectivity index (χ4v) is 2.40. The molecule has 0 saturated carbocycles. The summed E-state index contributed by atoms with van der Waals surface area (Å²) in [5.74, 6) is -0.305. The Labute approximate surface area is 127 Å². The molecule has 4 heteroatoms. The predicted octanol–water partition coefficient (Wildman–Crippen LogP) is 4.95. The molecule has 3 aromatic rings. The van der Waals surface area contributed by atoms with Gasteiger partial charge in [-0.2, -0.15) is 0 Å². The molecule has 1 heterocycles. The highest BCUT2D eigenvalue weighted by molar-refractivity contribution is 6.33. The van der Waals surface area contributed by atoms with Gasteiger partial charge in [-0.05, 0) is 48.9 Å². The van der Waals surface area contributed by atoms with Gasteiger partial charge in [0, 0.05) is 17.6 Å². The number of nitrogens with one attached hydrogen (secondary N) is 1. The average molecular weight is 301 g/mol. The summed E-state index contributed by atoms with van der Waals surface area (Å²) in [7, 11) is 0. The van der Waals surface area contributed by atoms with Gasteiger partial charge >= 0.3 is 0 Å². The van der Waals surface area contributed by atoms with Crippen LogP contribution in [0.5, 0.6) is 0 Å². The van der Waals surface area contributed by atoms with E-state index >= 15 is 0 Å². The standard InChI is InChI=1S/C17H14ClFN2/c1-11-2-4-13-8-12(3-7-16(13)21-11)10-20-17-9-14(19)5-6-15(17)18/h2-9,20H,10H2,1H3. The minimum absolute atomic E-state index is 0.305. The lowest BCUT2D eigenvalue weighted by Crippen LogP contribution is -2.00. The van der Waals surface area contributed by atoms with E-state index in [0.717, 1.165) is 22.2 Å². The van der Waals surface area contributed by atoms with Crippen molar-refractivity contribution in [3.8, 4) is 0 Å². The molecule has 0 bridgehead atoms. The molecule has 21 heavy (non-hydrogen) atoms. The summed E-state index contributed by atoms with van der Waals surface area (Å²) >= 11 is 6.04. The Morgan fingerprint density at radius 1 is 1.10 bits per heavy atom. The van der Waals surface area contributed by atoms with E-state index in [2.05, 4.69) is 22.4 Å². The molecular weight excluding hydrogens is 287 g/mol. The number of nitrogens with zero attached hydrogens (tertiary/aromatic N) is 1. The van der Waals surface area contributed by atoms with E-state index in [0.29, 0.717) is 17.3 Å². The minimum atomic E-state index is -0.305. The SMILES string of the molecule is Cc1ccc2cc(CNc3cc(F)ccc3Cl)ccc2n1. The van der Waals surface area contributed by atoms with Gasteiger partial charge in [0.15, 0.2) is 0 Å². The van der Waals surface area contributed by atoms with E-state index in [1.807, 2.05) is 25.1 Å². The monoisotopic (exact) mass is 300 g/mol. The Kier molecular flexibility index (Phi) is 3.76. The van der Waals surface area contributed by atoms with Crippen LogP contribution in [0, 0.1) is 12.7 Å². The number of hydrogen-bond donors (Lipinski definition) is 1. The van der Waals surface area contributed by atoms with Crippen LogP contribution < -0.4 is 5.32 Å². The Hall–Kier alpha value is -2.13. The quantitative estimate of drug-likeness (QED) is 0.740. The summed E-state index contributed by atoms with van der Waals surface area (Å²) in [6.07, 6.45) is 0. The van der Waals surface area contributed by atoms with Gasteiger partial charge in [-0.1, -0.05) is 23.7 Å². The number of anilines is 1. The summed E-state index contributed by atoms with van der Waals surface area (Å²) in [4.78, 5) is 4.47. The lowest BCUT2D eigenvalue weighted by Gasteiger charge is -2.09. The van der Waals surface area contributed by atoms with Gasteiger partial charge in [-0.25, -0.2) is 4.39 Å². The second-order valence-electron chi connectivity index (χ2n) is 4.96. The highest BCUT2D eigenvalue weighted by atomic mass is 35.5. The first-order valence-corrected chi connectivity index (χ1v) is 7.05. The summed E-state index contributed by atoms with van der Waals surface area (Å²) in [5.41, 5.74) is 3.66. The van der Waals surface area contributed by atoms with Crippen molar-refractivity contribution in [2.45, 2.75) is 13.5 Å². The van der Waals surface area contributed by atoms with Crippen LogP contribution in [-0.4, -0.2) is 4.98 Å². The van der Waals surface area contributed by atoms with E-state index < -0.39 is 0 Å². The number of hydrogen-bond acceptors (Lipinski definition) is 2. The van der Waals surface area contributed by atoms with Gasteiger partial charge in [0.05, 0.1) is 16.2 Å². The molecule has 1 aromatic heterocycles.